The zero-order chi connectivity index (χ0) is 11.3. The van der Waals surface area contributed by atoms with E-state index in [0.29, 0.717) is 12.5 Å². The lowest BCUT2D eigenvalue weighted by atomic mass is 9.98. The lowest BCUT2D eigenvalue weighted by molar-refractivity contribution is 0.292. The summed E-state index contributed by atoms with van der Waals surface area (Å²) in [5.41, 5.74) is 6.95. The molecule has 1 aromatic carbocycles. The van der Waals surface area contributed by atoms with Crippen molar-refractivity contribution >= 4 is 0 Å². The largest absolute Gasteiger partial charge is 0.492 e. The highest BCUT2D eigenvalue weighted by Crippen LogP contribution is 2.28. The predicted molar refractivity (Wildman–Crippen MR) is 64.3 cm³/mol. The zero-order valence-corrected chi connectivity index (χ0v) is 9.86. The van der Waals surface area contributed by atoms with Crippen LogP contribution in [-0.4, -0.2) is 12.6 Å². The van der Waals surface area contributed by atoms with E-state index in [9.17, 15) is 0 Å². The highest BCUT2D eigenvalue weighted by atomic mass is 16.5. The summed E-state index contributed by atoms with van der Waals surface area (Å²) in [5, 5.41) is 0. The maximum absolute atomic E-state index is 5.70. The van der Waals surface area contributed by atoms with Crippen LogP contribution in [0.2, 0.25) is 0 Å². The number of benzene rings is 1. The van der Waals surface area contributed by atoms with Gasteiger partial charge in [-0.05, 0) is 30.9 Å². The maximum Gasteiger partial charge on any atom is 0.122 e. The molecule has 2 N–H and O–H groups in total. The van der Waals surface area contributed by atoms with E-state index in [0.717, 1.165) is 12.2 Å². The van der Waals surface area contributed by atoms with Gasteiger partial charge in [0.2, 0.25) is 0 Å². The Labute approximate surface area is 92.4 Å². The SMILES string of the molecule is CCC(C)c1ccccc1OC[C@H](C)N. The minimum Gasteiger partial charge on any atom is -0.492 e. The number of para-hydroxylation sites is 1. The molecule has 1 rings (SSSR count). The summed E-state index contributed by atoms with van der Waals surface area (Å²) >= 11 is 0. The van der Waals surface area contributed by atoms with Crippen molar-refractivity contribution in [3.63, 3.8) is 0 Å². The Morgan fingerprint density at radius 3 is 2.53 bits per heavy atom. The molecule has 0 fully saturated rings. The number of rotatable bonds is 5. The third kappa shape index (κ3) is 3.56. The first-order valence-corrected chi connectivity index (χ1v) is 5.62. The molecule has 0 radical (unpaired) electrons. The number of hydrogen-bond donors (Lipinski definition) is 1. The molecule has 84 valence electrons. The van der Waals surface area contributed by atoms with Gasteiger partial charge >= 0.3 is 0 Å². The van der Waals surface area contributed by atoms with Crippen molar-refractivity contribution in [3.05, 3.63) is 29.8 Å². The summed E-state index contributed by atoms with van der Waals surface area (Å²) in [6, 6.07) is 8.28. The van der Waals surface area contributed by atoms with Crippen LogP contribution in [0.4, 0.5) is 0 Å². The van der Waals surface area contributed by atoms with E-state index in [4.69, 9.17) is 10.5 Å². The van der Waals surface area contributed by atoms with E-state index in [-0.39, 0.29) is 6.04 Å². The monoisotopic (exact) mass is 207 g/mol. The molecule has 1 unspecified atom stereocenters. The normalized spacial score (nSPS) is 14.7. The van der Waals surface area contributed by atoms with Gasteiger partial charge in [0.15, 0.2) is 0 Å². The molecule has 0 aliphatic carbocycles. The first-order chi connectivity index (χ1) is 7.15. The quantitative estimate of drug-likeness (QED) is 0.805. The number of nitrogens with two attached hydrogens (primary N) is 1. The van der Waals surface area contributed by atoms with Crippen LogP contribution < -0.4 is 10.5 Å². The van der Waals surface area contributed by atoms with Crippen LogP contribution in [0.1, 0.15) is 38.7 Å². The van der Waals surface area contributed by atoms with Crippen LogP contribution in [0.5, 0.6) is 5.75 Å². The van der Waals surface area contributed by atoms with Gasteiger partial charge in [0, 0.05) is 6.04 Å². The first kappa shape index (κ1) is 12.1. The lowest BCUT2D eigenvalue weighted by Crippen LogP contribution is -2.24. The number of ether oxygens (including phenoxy) is 1. The maximum atomic E-state index is 5.70. The Morgan fingerprint density at radius 2 is 1.93 bits per heavy atom. The Morgan fingerprint density at radius 1 is 1.27 bits per heavy atom. The van der Waals surface area contributed by atoms with Crippen LogP contribution in [0.25, 0.3) is 0 Å². The fourth-order valence-electron chi connectivity index (χ4n) is 1.46. The molecule has 15 heavy (non-hydrogen) atoms. The van der Waals surface area contributed by atoms with Crippen molar-refractivity contribution in [1.29, 1.82) is 0 Å². The summed E-state index contributed by atoms with van der Waals surface area (Å²) in [6.45, 7) is 6.93. The van der Waals surface area contributed by atoms with Crippen molar-refractivity contribution in [2.24, 2.45) is 5.73 Å². The second-order valence-corrected chi connectivity index (χ2v) is 4.14. The molecule has 0 saturated carbocycles. The van der Waals surface area contributed by atoms with E-state index in [2.05, 4.69) is 26.0 Å². The minimum absolute atomic E-state index is 0.0787. The molecule has 0 saturated heterocycles. The Kier molecular flexibility index (Phi) is 4.63. The lowest BCUT2D eigenvalue weighted by Gasteiger charge is -2.16. The summed E-state index contributed by atoms with van der Waals surface area (Å²) in [6.07, 6.45) is 1.12. The van der Waals surface area contributed by atoms with Gasteiger partial charge in [-0.25, -0.2) is 0 Å². The molecule has 2 heteroatoms. The van der Waals surface area contributed by atoms with Crippen LogP contribution in [0, 0.1) is 0 Å². The first-order valence-electron chi connectivity index (χ1n) is 5.62. The molecule has 1 aromatic rings. The van der Waals surface area contributed by atoms with E-state index >= 15 is 0 Å². The van der Waals surface area contributed by atoms with E-state index in [1.54, 1.807) is 0 Å². The average molecular weight is 207 g/mol. The molecule has 0 heterocycles. The predicted octanol–water partition coefficient (Wildman–Crippen LogP) is 2.93. The van der Waals surface area contributed by atoms with Crippen LogP contribution in [0.3, 0.4) is 0 Å². The molecule has 0 aromatic heterocycles. The van der Waals surface area contributed by atoms with Crippen LogP contribution >= 0.6 is 0 Å². The third-order valence-corrected chi connectivity index (χ3v) is 2.56. The molecular weight excluding hydrogens is 186 g/mol. The van der Waals surface area contributed by atoms with Crippen molar-refractivity contribution in [2.45, 2.75) is 39.2 Å². The summed E-state index contributed by atoms with van der Waals surface area (Å²) in [5.74, 6) is 1.51. The molecule has 0 bridgehead atoms. The molecule has 2 nitrogen and oxygen atoms in total. The minimum atomic E-state index is 0.0787. The summed E-state index contributed by atoms with van der Waals surface area (Å²) < 4.78 is 5.70. The topological polar surface area (TPSA) is 35.2 Å². The fourth-order valence-corrected chi connectivity index (χ4v) is 1.46. The highest BCUT2D eigenvalue weighted by Gasteiger charge is 2.09. The van der Waals surface area contributed by atoms with Gasteiger partial charge in [-0.3, -0.25) is 0 Å². The Hall–Kier alpha value is -1.02. The van der Waals surface area contributed by atoms with Crippen molar-refractivity contribution in [3.8, 4) is 5.75 Å². The van der Waals surface area contributed by atoms with Gasteiger partial charge < -0.3 is 10.5 Å². The van der Waals surface area contributed by atoms with Crippen LogP contribution in [0.15, 0.2) is 24.3 Å². The molecule has 0 amide bonds. The van der Waals surface area contributed by atoms with Gasteiger partial charge in [-0.15, -0.1) is 0 Å². The van der Waals surface area contributed by atoms with Crippen molar-refractivity contribution in [1.82, 2.24) is 0 Å². The number of hydrogen-bond acceptors (Lipinski definition) is 2. The standard InChI is InChI=1S/C13H21NO/c1-4-10(2)12-7-5-6-8-13(12)15-9-11(3)14/h5-8,10-11H,4,9,14H2,1-3H3/t10?,11-/m0/s1. The summed E-state index contributed by atoms with van der Waals surface area (Å²) in [4.78, 5) is 0. The van der Waals surface area contributed by atoms with E-state index in [1.165, 1.54) is 5.56 Å². The van der Waals surface area contributed by atoms with E-state index < -0.39 is 0 Å². The van der Waals surface area contributed by atoms with Crippen molar-refractivity contribution in [2.75, 3.05) is 6.61 Å². The fraction of sp³-hybridized carbons (Fsp3) is 0.538. The molecule has 0 aliphatic heterocycles. The van der Waals surface area contributed by atoms with Gasteiger partial charge in [0.1, 0.15) is 12.4 Å². The molecule has 0 spiro atoms. The van der Waals surface area contributed by atoms with E-state index in [1.807, 2.05) is 19.1 Å². The molecule has 2 atom stereocenters. The Balaban J connectivity index is 2.77. The van der Waals surface area contributed by atoms with Gasteiger partial charge in [-0.1, -0.05) is 32.0 Å². The summed E-state index contributed by atoms with van der Waals surface area (Å²) in [7, 11) is 0. The van der Waals surface area contributed by atoms with Crippen molar-refractivity contribution < 1.29 is 4.74 Å². The average Bonchev–Trinajstić information content (AvgIpc) is 2.25. The Bertz CT molecular complexity index is 296. The highest BCUT2D eigenvalue weighted by molar-refractivity contribution is 5.35. The molecule has 0 aliphatic rings. The molecular formula is C13H21NO. The van der Waals surface area contributed by atoms with Gasteiger partial charge in [-0.2, -0.15) is 0 Å². The zero-order valence-electron chi connectivity index (χ0n) is 9.86. The van der Waals surface area contributed by atoms with Gasteiger partial charge in [0.25, 0.3) is 0 Å². The van der Waals surface area contributed by atoms with Crippen LogP contribution in [-0.2, 0) is 0 Å². The van der Waals surface area contributed by atoms with Gasteiger partial charge in [0.05, 0.1) is 0 Å². The third-order valence-electron chi connectivity index (χ3n) is 2.56. The second-order valence-electron chi connectivity index (χ2n) is 4.14. The second kappa shape index (κ2) is 5.76. The smallest absolute Gasteiger partial charge is 0.122 e.